The van der Waals surface area contributed by atoms with Crippen molar-refractivity contribution in [2.75, 3.05) is 19.1 Å². The Kier molecular flexibility index (Phi) is 6.59. The Balaban J connectivity index is 2.25. The summed E-state index contributed by atoms with van der Waals surface area (Å²) in [4.78, 5) is 24.6. The number of thiophene rings is 1. The Morgan fingerprint density at radius 3 is 2.78 bits per heavy atom. The molecule has 0 bridgehead atoms. The zero-order valence-electron chi connectivity index (χ0n) is 12.5. The maximum Gasteiger partial charge on any atom is 0.328 e. The van der Waals surface area contributed by atoms with Crippen molar-refractivity contribution in [3.63, 3.8) is 0 Å². The van der Waals surface area contributed by atoms with Crippen LogP contribution in [0.3, 0.4) is 0 Å². The number of carbonyl (C=O) groups excluding carboxylic acids is 2. The topological polar surface area (TPSA) is 55.4 Å². The summed E-state index contributed by atoms with van der Waals surface area (Å²) in [5.41, 5.74) is 0. The number of rotatable bonds is 6. The van der Waals surface area contributed by atoms with Crippen molar-refractivity contribution in [3.05, 3.63) is 33.1 Å². The van der Waals surface area contributed by atoms with Crippen LogP contribution in [-0.2, 0) is 9.53 Å². The van der Waals surface area contributed by atoms with Crippen LogP contribution in [0.4, 0.5) is 0 Å². The highest BCUT2D eigenvalue weighted by Crippen LogP contribution is 2.36. The van der Waals surface area contributed by atoms with Gasteiger partial charge >= 0.3 is 5.97 Å². The molecule has 1 aromatic heterocycles. The third-order valence-corrected chi connectivity index (χ3v) is 5.73. The zero-order valence-corrected chi connectivity index (χ0v) is 15.7. The van der Waals surface area contributed by atoms with Crippen LogP contribution in [0.2, 0.25) is 10.0 Å². The Morgan fingerprint density at radius 2 is 2.13 bits per heavy atom. The smallest absolute Gasteiger partial charge is 0.328 e. The maximum absolute atomic E-state index is 12.5. The molecule has 0 saturated carbocycles. The summed E-state index contributed by atoms with van der Waals surface area (Å²) in [5.74, 6) is -0.119. The normalized spacial score (nSPS) is 12.2. The number of methoxy groups -OCH3 is 1. The van der Waals surface area contributed by atoms with Gasteiger partial charge in [0.05, 0.1) is 12.1 Å². The van der Waals surface area contributed by atoms with E-state index in [-0.39, 0.29) is 5.91 Å². The molecule has 8 heteroatoms. The third kappa shape index (κ3) is 4.32. The molecule has 1 heterocycles. The minimum Gasteiger partial charge on any atom is -0.467 e. The number of hydrogen-bond donors (Lipinski definition) is 1. The summed E-state index contributed by atoms with van der Waals surface area (Å²) in [6, 6.07) is 4.57. The molecule has 2 rings (SSSR count). The quantitative estimate of drug-likeness (QED) is 0.748. The van der Waals surface area contributed by atoms with Gasteiger partial charge in [0.2, 0.25) is 0 Å². The van der Waals surface area contributed by atoms with Crippen LogP contribution < -0.4 is 5.32 Å². The van der Waals surface area contributed by atoms with Crippen molar-refractivity contribution >= 4 is 68.3 Å². The van der Waals surface area contributed by atoms with Gasteiger partial charge in [-0.05, 0) is 30.6 Å². The molecule has 23 heavy (non-hydrogen) atoms. The van der Waals surface area contributed by atoms with Crippen molar-refractivity contribution in [2.24, 2.45) is 0 Å². The number of halogens is 2. The number of esters is 1. The monoisotopic (exact) mass is 391 g/mol. The second kappa shape index (κ2) is 8.24. The van der Waals surface area contributed by atoms with E-state index in [0.717, 1.165) is 15.8 Å². The van der Waals surface area contributed by atoms with Crippen molar-refractivity contribution in [1.29, 1.82) is 0 Å². The predicted octanol–water partition coefficient (Wildman–Crippen LogP) is 4.23. The minimum atomic E-state index is -0.690. The molecule has 2 aromatic rings. The van der Waals surface area contributed by atoms with Gasteiger partial charge in [-0.1, -0.05) is 29.3 Å². The molecule has 1 amide bonds. The van der Waals surface area contributed by atoms with E-state index in [1.54, 1.807) is 30.0 Å². The second-order valence-electron chi connectivity index (χ2n) is 4.72. The molecule has 0 radical (unpaired) electrons. The SMILES string of the molecule is COC(=O)[C@@H](CCSC)NC(=O)c1sc2cc(Cl)ccc2c1Cl. The lowest BCUT2D eigenvalue weighted by molar-refractivity contribution is -0.142. The Labute approximate surface area is 152 Å². The third-order valence-electron chi connectivity index (χ3n) is 3.20. The molecule has 0 unspecified atom stereocenters. The van der Waals surface area contributed by atoms with Crippen LogP contribution in [0.1, 0.15) is 16.1 Å². The van der Waals surface area contributed by atoms with E-state index in [1.165, 1.54) is 18.4 Å². The second-order valence-corrected chi connectivity index (χ2v) is 7.57. The molecular weight excluding hydrogens is 377 g/mol. The maximum atomic E-state index is 12.5. The molecule has 0 spiro atoms. The fourth-order valence-corrected chi connectivity index (χ4v) is 4.20. The number of amides is 1. The summed E-state index contributed by atoms with van der Waals surface area (Å²) >= 11 is 15.1. The largest absolute Gasteiger partial charge is 0.467 e. The van der Waals surface area contributed by atoms with Crippen LogP contribution in [-0.4, -0.2) is 37.0 Å². The van der Waals surface area contributed by atoms with Crippen molar-refractivity contribution in [3.8, 4) is 0 Å². The fourth-order valence-electron chi connectivity index (χ4n) is 2.04. The van der Waals surface area contributed by atoms with Crippen molar-refractivity contribution in [1.82, 2.24) is 5.32 Å². The van der Waals surface area contributed by atoms with E-state index in [0.29, 0.717) is 21.3 Å². The molecule has 124 valence electrons. The Bertz CT molecular complexity index is 733. The van der Waals surface area contributed by atoms with E-state index < -0.39 is 12.0 Å². The molecular formula is C15H15Cl2NO3S2. The molecule has 0 aliphatic carbocycles. The minimum absolute atomic E-state index is 0.363. The van der Waals surface area contributed by atoms with Crippen molar-refractivity contribution < 1.29 is 14.3 Å². The van der Waals surface area contributed by atoms with Gasteiger partial charge in [0.25, 0.3) is 5.91 Å². The predicted molar refractivity (Wildman–Crippen MR) is 98.1 cm³/mol. The highest BCUT2D eigenvalue weighted by molar-refractivity contribution is 7.98. The fraction of sp³-hybridized carbons (Fsp3) is 0.333. The molecule has 0 aliphatic heterocycles. The van der Waals surface area contributed by atoms with E-state index in [1.807, 2.05) is 6.26 Å². The first kappa shape index (κ1) is 18.4. The van der Waals surface area contributed by atoms with Gasteiger partial charge in [0, 0.05) is 15.1 Å². The average molecular weight is 392 g/mol. The lowest BCUT2D eigenvalue weighted by Gasteiger charge is -2.15. The van der Waals surface area contributed by atoms with Crippen LogP contribution in [0.15, 0.2) is 18.2 Å². The summed E-state index contributed by atoms with van der Waals surface area (Å²) < 4.78 is 5.57. The highest BCUT2D eigenvalue weighted by atomic mass is 35.5. The summed E-state index contributed by atoms with van der Waals surface area (Å²) in [6.07, 6.45) is 2.43. The number of thioether (sulfide) groups is 1. The van der Waals surface area contributed by atoms with Crippen LogP contribution in [0, 0.1) is 0 Å². The zero-order chi connectivity index (χ0) is 17.0. The van der Waals surface area contributed by atoms with Gasteiger partial charge in [0.1, 0.15) is 10.9 Å². The van der Waals surface area contributed by atoms with E-state index in [2.05, 4.69) is 5.32 Å². The number of ether oxygens (including phenoxy) is 1. The molecule has 1 N–H and O–H groups in total. The van der Waals surface area contributed by atoms with Crippen LogP contribution in [0.5, 0.6) is 0 Å². The number of benzene rings is 1. The lowest BCUT2D eigenvalue weighted by atomic mass is 10.2. The van der Waals surface area contributed by atoms with Crippen molar-refractivity contribution in [2.45, 2.75) is 12.5 Å². The first-order chi connectivity index (χ1) is 11.0. The molecule has 1 atom stereocenters. The first-order valence-corrected chi connectivity index (χ1v) is 9.69. The standard InChI is InChI=1S/C15H15Cl2NO3S2/c1-21-15(20)10(5-6-22-2)18-14(19)13-12(17)9-4-3-8(16)7-11(9)23-13/h3-4,7,10H,5-6H2,1-2H3,(H,18,19)/t10-/m1/s1. The molecule has 0 fully saturated rings. The Hall–Kier alpha value is -0.950. The van der Waals surface area contributed by atoms with E-state index in [9.17, 15) is 9.59 Å². The first-order valence-electron chi connectivity index (χ1n) is 6.73. The Morgan fingerprint density at radius 1 is 1.39 bits per heavy atom. The van der Waals surface area contributed by atoms with Gasteiger partial charge in [-0.25, -0.2) is 4.79 Å². The summed E-state index contributed by atoms with van der Waals surface area (Å²) in [7, 11) is 1.30. The van der Waals surface area contributed by atoms with Crippen LogP contribution >= 0.6 is 46.3 Å². The van der Waals surface area contributed by atoms with Crippen LogP contribution in [0.25, 0.3) is 10.1 Å². The molecule has 0 aliphatic rings. The number of fused-ring (bicyclic) bond motifs is 1. The van der Waals surface area contributed by atoms with Gasteiger partial charge in [0.15, 0.2) is 0 Å². The summed E-state index contributed by atoms with van der Waals surface area (Å²) in [5, 5.41) is 4.42. The van der Waals surface area contributed by atoms with E-state index in [4.69, 9.17) is 27.9 Å². The van der Waals surface area contributed by atoms with Gasteiger partial charge in [-0.2, -0.15) is 11.8 Å². The van der Waals surface area contributed by atoms with Gasteiger partial charge in [-0.3, -0.25) is 4.79 Å². The number of carbonyl (C=O) groups is 2. The molecule has 0 saturated heterocycles. The van der Waals surface area contributed by atoms with Gasteiger partial charge < -0.3 is 10.1 Å². The van der Waals surface area contributed by atoms with Gasteiger partial charge in [-0.15, -0.1) is 11.3 Å². The average Bonchev–Trinajstić information content (AvgIpc) is 2.86. The van der Waals surface area contributed by atoms with E-state index >= 15 is 0 Å². The molecule has 4 nitrogen and oxygen atoms in total. The number of nitrogens with one attached hydrogen (secondary N) is 1. The lowest BCUT2D eigenvalue weighted by Crippen LogP contribution is -2.41. The molecule has 1 aromatic carbocycles. The summed E-state index contributed by atoms with van der Waals surface area (Å²) in [6.45, 7) is 0. The number of hydrogen-bond acceptors (Lipinski definition) is 5. The highest BCUT2D eigenvalue weighted by Gasteiger charge is 2.24.